The van der Waals surface area contributed by atoms with E-state index in [1.54, 1.807) is 18.5 Å². The van der Waals surface area contributed by atoms with Gasteiger partial charge in [0.05, 0.1) is 17.5 Å². The van der Waals surface area contributed by atoms with E-state index in [0.717, 1.165) is 45.9 Å². The highest BCUT2D eigenvalue weighted by molar-refractivity contribution is 7.14. The van der Waals surface area contributed by atoms with Crippen LogP contribution in [0.3, 0.4) is 0 Å². The van der Waals surface area contributed by atoms with Crippen LogP contribution >= 0.6 is 11.3 Å². The summed E-state index contributed by atoms with van der Waals surface area (Å²) < 4.78 is 5.89. The molecule has 0 radical (unpaired) electrons. The number of benzene rings is 2. The Balaban J connectivity index is 1.42. The Kier molecular flexibility index (Phi) is 14.5. The second-order valence-corrected chi connectivity index (χ2v) is 14.6. The number of aromatic nitrogens is 2. The predicted molar refractivity (Wildman–Crippen MR) is 199 cm³/mol. The summed E-state index contributed by atoms with van der Waals surface area (Å²) in [7, 11) is 0. The quantitative estimate of drug-likeness (QED) is 0.0624. The van der Waals surface area contributed by atoms with Crippen LogP contribution in [0, 0.1) is 0 Å². The standard InChI is InChI=1S/C39H51N5O5S/c1-5-6-7-8-9-22-49-30-16-14-27(15-17-30)29-24-41-35(42-25-29)28-12-10-26(11-13-28)23-32(36(45)43-31(20-21-40)38(47)48)44-37(46)33-18-19-34(50-33)39(2,3)4/h10-19,24-25,31-32,38,47-48H,5-9,20-23,40H2,1-4H3,(H,43,45)(H,44,46)/t31-,32-/m0/s1. The molecule has 0 unspecified atom stereocenters. The van der Waals surface area contributed by atoms with Crippen molar-refractivity contribution in [1.82, 2.24) is 20.6 Å². The molecule has 2 amide bonds. The third-order valence-corrected chi connectivity index (χ3v) is 9.87. The number of nitrogens with zero attached hydrogens (tertiary/aromatic N) is 2. The molecule has 4 rings (SSSR count). The molecule has 6 N–H and O–H groups in total. The molecule has 2 atom stereocenters. The number of thiophene rings is 1. The van der Waals surface area contributed by atoms with Gasteiger partial charge in [-0.25, -0.2) is 9.97 Å². The molecule has 0 aliphatic heterocycles. The SMILES string of the molecule is CCCCCCCOc1ccc(-c2cnc(-c3ccc(C[C@H](NC(=O)c4ccc(C(C)(C)C)s4)C(=O)N[C@@H](CCN)C(O)O)cc3)nc2)cc1. The Bertz CT molecular complexity index is 1630. The summed E-state index contributed by atoms with van der Waals surface area (Å²) in [6.45, 7) is 9.30. The highest BCUT2D eigenvalue weighted by Crippen LogP contribution is 2.29. The van der Waals surface area contributed by atoms with Crippen LogP contribution in [0.1, 0.15) is 86.3 Å². The van der Waals surface area contributed by atoms with E-state index in [1.165, 1.54) is 37.0 Å². The predicted octanol–water partition coefficient (Wildman–Crippen LogP) is 6.00. The Hall–Kier alpha value is -4.16. The number of aliphatic hydroxyl groups is 2. The molecule has 0 aliphatic carbocycles. The van der Waals surface area contributed by atoms with Gasteiger partial charge in [-0.2, -0.15) is 0 Å². The average molecular weight is 702 g/mol. The van der Waals surface area contributed by atoms with Crippen LogP contribution in [0.5, 0.6) is 5.75 Å². The number of hydrogen-bond acceptors (Lipinski definition) is 9. The Morgan fingerprint density at radius 3 is 2.12 bits per heavy atom. The monoisotopic (exact) mass is 701 g/mol. The number of carbonyl (C=O) groups is 2. The maximum atomic E-state index is 13.4. The maximum absolute atomic E-state index is 13.4. The van der Waals surface area contributed by atoms with Crippen molar-refractivity contribution in [3.63, 3.8) is 0 Å². The molecule has 10 nitrogen and oxygen atoms in total. The average Bonchev–Trinajstić information content (AvgIpc) is 3.62. The number of nitrogens with two attached hydrogens (primary N) is 1. The Morgan fingerprint density at radius 1 is 0.860 bits per heavy atom. The molecule has 0 fully saturated rings. The van der Waals surface area contributed by atoms with E-state index in [4.69, 9.17) is 10.5 Å². The lowest BCUT2D eigenvalue weighted by Gasteiger charge is -2.24. The van der Waals surface area contributed by atoms with Gasteiger partial charge in [0, 0.05) is 34.8 Å². The first-order valence-corrected chi connectivity index (χ1v) is 18.2. The van der Waals surface area contributed by atoms with Gasteiger partial charge in [0.2, 0.25) is 5.91 Å². The number of unbranched alkanes of at least 4 members (excludes halogenated alkanes) is 4. The number of ether oxygens (including phenoxy) is 1. The molecular weight excluding hydrogens is 651 g/mol. The largest absolute Gasteiger partial charge is 0.494 e. The van der Waals surface area contributed by atoms with Crippen LogP contribution in [0.15, 0.2) is 73.1 Å². The first-order chi connectivity index (χ1) is 24.0. The van der Waals surface area contributed by atoms with Gasteiger partial charge in [-0.3, -0.25) is 9.59 Å². The smallest absolute Gasteiger partial charge is 0.262 e. The van der Waals surface area contributed by atoms with Crippen molar-refractivity contribution in [2.24, 2.45) is 5.73 Å². The van der Waals surface area contributed by atoms with E-state index < -0.39 is 24.3 Å². The molecule has 11 heteroatoms. The fourth-order valence-electron chi connectivity index (χ4n) is 5.35. The summed E-state index contributed by atoms with van der Waals surface area (Å²) >= 11 is 1.38. The van der Waals surface area contributed by atoms with E-state index in [1.807, 2.05) is 54.6 Å². The summed E-state index contributed by atoms with van der Waals surface area (Å²) in [5.41, 5.74) is 8.97. The van der Waals surface area contributed by atoms with Gasteiger partial charge >= 0.3 is 0 Å². The minimum atomic E-state index is -1.79. The highest BCUT2D eigenvalue weighted by Gasteiger charge is 2.27. The van der Waals surface area contributed by atoms with E-state index >= 15 is 0 Å². The fourth-order valence-corrected chi connectivity index (χ4v) is 6.32. The number of aliphatic hydroxyl groups excluding tert-OH is 1. The van der Waals surface area contributed by atoms with Gasteiger partial charge in [0.1, 0.15) is 11.8 Å². The minimum Gasteiger partial charge on any atom is -0.494 e. The van der Waals surface area contributed by atoms with Gasteiger partial charge < -0.3 is 31.3 Å². The molecule has 50 heavy (non-hydrogen) atoms. The molecule has 0 bridgehead atoms. The van der Waals surface area contributed by atoms with E-state index in [0.29, 0.717) is 10.7 Å². The van der Waals surface area contributed by atoms with Crippen molar-refractivity contribution in [2.45, 2.75) is 96.4 Å². The summed E-state index contributed by atoms with van der Waals surface area (Å²) in [5.74, 6) is 0.488. The molecule has 2 aromatic carbocycles. The molecule has 268 valence electrons. The first kappa shape index (κ1) is 38.6. The van der Waals surface area contributed by atoms with Gasteiger partial charge in [0.25, 0.3) is 5.91 Å². The lowest BCUT2D eigenvalue weighted by molar-refractivity contribution is -0.128. The fraction of sp³-hybridized carbons (Fsp3) is 0.436. The number of rotatable bonds is 18. The van der Waals surface area contributed by atoms with Crippen LogP contribution < -0.4 is 21.1 Å². The van der Waals surface area contributed by atoms with Crippen molar-refractivity contribution < 1.29 is 24.5 Å². The molecule has 0 saturated carbocycles. The number of carbonyl (C=O) groups excluding carboxylic acids is 2. The molecule has 2 aromatic heterocycles. The molecule has 4 aromatic rings. The highest BCUT2D eigenvalue weighted by atomic mass is 32.1. The van der Waals surface area contributed by atoms with Crippen molar-refractivity contribution >= 4 is 23.2 Å². The third-order valence-electron chi connectivity index (χ3n) is 8.36. The summed E-state index contributed by atoms with van der Waals surface area (Å²) in [6.07, 6.45) is 8.13. The van der Waals surface area contributed by atoms with Crippen molar-refractivity contribution in [3.8, 4) is 28.3 Å². The van der Waals surface area contributed by atoms with Crippen molar-refractivity contribution in [3.05, 3.63) is 88.4 Å². The van der Waals surface area contributed by atoms with E-state index in [2.05, 4.69) is 48.3 Å². The van der Waals surface area contributed by atoms with Crippen molar-refractivity contribution in [2.75, 3.05) is 13.2 Å². The number of amides is 2. The number of hydrogen-bond donors (Lipinski definition) is 5. The van der Waals surface area contributed by atoms with Gasteiger partial charge in [-0.05, 0) is 60.2 Å². The minimum absolute atomic E-state index is 0.119. The molecule has 0 aliphatic rings. The normalized spacial score (nSPS) is 12.8. The Labute approximate surface area is 299 Å². The molecule has 2 heterocycles. The number of nitrogens with one attached hydrogen (secondary N) is 2. The van der Waals surface area contributed by atoms with Crippen LogP contribution in [0.4, 0.5) is 0 Å². The topological polar surface area (TPSA) is 160 Å². The van der Waals surface area contributed by atoms with Crippen LogP contribution in [0.2, 0.25) is 0 Å². The second kappa shape index (κ2) is 18.7. The Morgan fingerprint density at radius 2 is 1.52 bits per heavy atom. The zero-order valence-electron chi connectivity index (χ0n) is 29.5. The third kappa shape index (κ3) is 11.4. The summed E-state index contributed by atoms with van der Waals surface area (Å²) in [5, 5.41) is 25.0. The van der Waals surface area contributed by atoms with Gasteiger partial charge in [-0.15, -0.1) is 11.3 Å². The maximum Gasteiger partial charge on any atom is 0.262 e. The van der Waals surface area contributed by atoms with Gasteiger partial charge in [0.15, 0.2) is 12.1 Å². The second-order valence-electron chi connectivity index (χ2n) is 13.5. The molecular formula is C39H51N5O5S. The van der Waals surface area contributed by atoms with Crippen LogP contribution in [0.25, 0.3) is 22.5 Å². The molecule has 0 spiro atoms. The lowest BCUT2D eigenvalue weighted by Crippen LogP contribution is -2.53. The van der Waals surface area contributed by atoms with Crippen LogP contribution in [-0.4, -0.2) is 63.5 Å². The molecule has 0 saturated heterocycles. The first-order valence-electron chi connectivity index (χ1n) is 17.4. The van der Waals surface area contributed by atoms with E-state index in [9.17, 15) is 19.8 Å². The summed E-state index contributed by atoms with van der Waals surface area (Å²) in [6, 6.07) is 17.2. The van der Waals surface area contributed by atoms with Crippen LogP contribution in [-0.2, 0) is 16.6 Å². The lowest BCUT2D eigenvalue weighted by atomic mass is 9.95. The van der Waals surface area contributed by atoms with Gasteiger partial charge in [-0.1, -0.05) is 89.8 Å². The summed E-state index contributed by atoms with van der Waals surface area (Å²) in [4.78, 5) is 37.4. The van der Waals surface area contributed by atoms with Crippen molar-refractivity contribution in [1.29, 1.82) is 0 Å². The zero-order chi connectivity index (χ0) is 36.1. The van der Waals surface area contributed by atoms with E-state index in [-0.39, 0.29) is 30.7 Å². The zero-order valence-corrected chi connectivity index (χ0v) is 30.3.